The Kier molecular flexibility index (Phi) is 3.51. The summed E-state index contributed by atoms with van der Waals surface area (Å²) >= 11 is 12.1. The first-order valence-electron chi connectivity index (χ1n) is 5.15. The molecule has 0 saturated heterocycles. The minimum absolute atomic E-state index is 0.655. The van der Waals surface area contributed by atoms with Crippen LogP contribution in [0.1, 0.15) is 12.5 Å². The van der Waals surface area contributed by atoms with Gasteiger partial charge in [0.25, 0.3) is 0 Å². The molecule has 0 fully saturated rings. The van der Waals surface area contributed by atoms with Gasteiger partial charge in [0.15, 0.2) is 0 Å². The molecule has 1 heterocycles. The van der Waals surface area contributed by atoms with E-state index in [0.29, 0.717) is 10.0 Å². The third-order valence-corrected chi connectivity index (χ3v) is 2.98. The van der Waals surface area contributed by atoms with E-state index in [1.165, 1.54) is 0 Å². The second-order valence-corrected chi connectivity index (χ2v) is 4.68. The van der Waals surface area contributed by atoms with E-state index >= 15 is 0 Å². The number of hydrogen-bond donors (Lipinski definition) is 0. The lowest BCUT2D eigenvalue weighted by Crippen LogP contribution is -1.88. The molecule has 0 radical (unpaired) electrons. The largest absolute Gasteiger partial charge is 0.256 e. The highest BCUT2D eigenvalue weighted by Gasteiger charge is 2.06. The van der Waals surface area contributed by atoms with Crippen LogP contribution in [-0.4, -0.2) is 4.98 Å². The number of halogens is 2. The van der Waals surface area contributed by atoms with Gasteiger partial charge in [-0.25, -0.2) is 0 Å². The second-order valence-electron chi connectivity index (χ2n) is 3.84. The van der Waals surface area contributed by atoms with Crippen LogP contribution in [0.25, 0.3) is 16.8 Å². The van der Waals surface area contributed by atoms with E-state index in [0.717, 1.165) is 22.4 Å². The normalized spacial score (nSPS) is 10.3. The van der Waals surface area contributed by atoms with Gasteiger partial charge in [0.05, 0.1) is 10.7 Å². The average molecular weight is 264 g/mol. The fraction of sp³-hybridized carbons (Fsp3) is 0.0714. The quantitative estimate of drug-likeness (QED) is 0.736. The van der Waals surface area contributed by atoms with E-state index in [2.05, 4.69) is 11.6 Å². The van der Waals surface area contributed by atoms with Gasteiger partial charge in [-0.15, -0.1) is 0 Å². The molecular formula is C14H11Cl2N. The number of allylic oxidation sites excluding steroid dienone is 1. The van der Waals surface area contributed by atoms with Crippen molar-refractivity contribution in [3.05, 3.63) is 58.7 Å². The van der Waals surface area contributed by atoms with Crippen molar-refractivity contribution in [2.45, 2.75) is 6.92 Å². The molecule has 2 aromatic rings. The van der Waals surface area contributed by atoms with Crippen molar-refractivity contribution in [2.75, 3.05) is 0 Å². The van der Waals surface area contributed by atoms with Crippen LogP contribution in [0.5, 0.6) is 0 Å². The van der Waals surface area contributed by atoms with E-state index in [1.807, 2.05) is 37.3 Å². The molecule has 0 aliphatic rings. The van der Waals surface area contributed by atoms with E-state index in [-0.39, 0.29) is 0 Å². The van der Waals surface area contributed by atoms with Gasteiger partial charge < -0.3 is 0 Å². The maximum Gasteiger partial charge on any atom is 0.0717 e. The molecule has 17 heavy (non-hydrogen) atoms. The first-order chi connectivity index (χ1) is 8.08. The number of hydrogen-bond acceptors (Lipinski definition) is 1. The molecule has 0 spiro atoms. The van der Waals surface area contributed by atoms with Crippen LogP contribution < -0.4 is 0 Å². The first kappa shape index (κ1) is 12.2. The number of benzene rings is 1. The highest BCUT2D eigenvalue weighted by molar-refractivity contribution is 6.32. The van der Waals surface area contributed by atoms with Crippen LogP contribution in [0.2, 0.25) is 10.0 Å². The summed E-state index contributed by atoms with van der Waals surface area (Å²) in [6, 6.07) is 9.36. The van der Waals surface area contributed by atoms with E-state index in [4.69, 9.17) is 23.2 Å². The third-order valence-electron chi connectivity index (χ3n) is 2.43. The van der Waals surface area contributed by atoms with E-state index < -0.39 is 0 Å². The van der Waals surface area contributed by atoms with Crippen LogP contribution in [-0.2, 0) is 0 Å². The Morgan fingerprint density at radius 1 is 1.24 bits per heavy atom. The van der Waals surface area contributed by atoms with Crippen LogP contribution in [0.15, 0.2) is 43.1 Å². The second kappa shape index (κ2) is 4.91. The molecule has 0 unspecified atom stereocenters. The first-order valence-corrected chi connectivity index (χ1v) is 5.91. The SMILES string of the molecule is C=C(C)c1cnc(-c2cccc(Cl)c2)cc1Cl. The summed E-state index contributed by atoms with van der Waals surface area (Å²) in [6.45, 7) is 5.76. The molecule has 86 valence electrons. The predicted molar refractivity (Wildman–Crippen MR) is 74.4 cm³/mol. The summed E-state index contributed by atoms with van der Waals surface area (Å²) in [5, 5.41) is 1.34. The maximum absolute atomic E-state index is 6.18. The lowest BCUT2D eigenvalue weighted by Gasteiger charge is -2.06. The summed E-state index contributed by atoms with van der Waals surface area (Å²) < 4.78 is 0. The molecule has 1 nitrogen and oxygen atoms in total. The Labute approximate surface area is 111 Å². The monoisotopic (exact) mass is 263 g/mol. The summed E-state index contributed by atoms with van der Waals surface area (Å²) in [4.78, 5) is 4.37. The average Bonchev–Trinajstić information content (AvgIpc) is 2.28. The van der Waals surface area contributed by atoms with Gasteiger partial charge in [-0.3, -0.25) is 4.98 Å². The van der Waals surface area contributed by atoms with Gasteiger partial charge in [-0.2, -0.15) is 0 Å². The van der Waals surface area contributed by atoms with Crippen LogP contribution in [0.3, 0.4) is 0 Å². The van der Waals surface area contributed by atoms with E-state index in [9.17, 15) is 0 Å². The minimum Gasteiger partial charge on any atom is -0.256 e. The standard InChI is InChI=1S/C14H11Cl2N/c1-9(2)12-8-17-14(7-13(12)16)10-4-3-5-11(15)6-10/h3-8H,1H2,2H3. The van der Waals surface area contributed by atoms with Crippen molar-refractivity contribution in [3.8, 4) is 11.3 Å². The highest BCUT2D eigenvalue weighted by Crippen LogP contribution is 2.27. The Hall–Kier alpha value is -1.31. The zero-order chi connectivity index (χ0) is 12.4. The van der Waals surface area contributed by atoms with Crippen molar-refractivity contribution in [1.82, 2.24) is 4.98 Å². The van der Waals surface area contributed by atoms with Crippen molar-refractivity contribution < 1.29 is 0 Å². The summed E-state index contributed by atoms with van der Waals surface area (Å²) in [5.74, 6) is 0. The molecule has 3 heteroatoms. The Balaban J connectivity index is 2.48. The van der Waals surface area contributed by atoms with Gasteiger partial charge in [0.1, 0.15) is 0 Å². The van der Waals surface area contributed by atoms with Crippen molar-refractivity contribution >= 4 is 28.8 Å². The molecule has 0 aliphatic heterocycles. The lowest BCUT2D eigenvalue weighted by atomic mass is 10.1. The molecule has 0 bridgehead atoms. The van der Waals surface area contributed by atoms with Crippen LogP contribution in [0, 0.1) is 0 Å². The molecule has 0 N–H and O–H groups in total. The minimum atomic E-state index is 0.655. The topological polar surface area (TPSA) is 12.9 Å². The lowest BCUT2D eigenvalue weighted by molar-refractivity contribution is 1.30. The molecule has 0 aliphatic carbocycles. The molecule has 0 amide bonds. The van der Waals surface area contributed by atoms with Crippen molar-refractivity contribution in [1.29, 1.82) is 0 Å². The number of nitrogens with zero attached hydrogens (tertiary/aromatic N) is 1. The van der Waals surface area contributed by atoms with Gasteiger partial charge in [-0.1, -0.05) is 41.9 Å². The zero-order valence-electron chi connectivity index (χ0n) is 9.37. The maximum atomic E-state index is 6.18. The number of pyridine rings is 1. The summed E-state index contributed by atoms with van der Waals surface area (Å²) in [5.41, 5.74) is 3.53. The third kappa shape index (κ3) is 2.68. The highest BCUT2D eigenvalue weighted by atomic mass is 35.5. The Morgan fingerprint density at radius 3 is 2.59 bits per heavy atom. The Morgan fingerprint density at radius 2 is 2.00 bits per heavy atom. The van der Waals surface area contributed by atoms with Crippen molar-refractivity contribution in [3.63, 3.8) is 0 Å². The summed E-state index contributed by atoms with van der Waals surface area (Å²) in [7, 11) is 0. The number of rotatable bonds is 2. The van der Waals surface area contributed by atoms with Crippen LogP contribution >= 0.6 is 23.2 Å². The van der Waals surface area contributed by atoms with Gasteiger partial charge in [-0.05, 0) is 30.7 Å². The van der Waals surface area contributed by atoms with Gasteiger partial charge in [0, 0.05) is 22.3 Å². The molecular weight excluding hydrogens is 253 g/mol. The Bertz CT molecular complexity index is 576. The molecule has 2 rings (SSSR count). The predicted octanol–water partition coefficient (Wildman–Crippen LogP) is 5.09. The molecule has 1 aromatic carbocycles. The number of aromatic nitrogens is 1. The van der Waals surface area contributed by atoms with Crippen LogP contribution in [0.4, 0.5) is 0 Å². The molecule has 0 saturated carbocycles. The van der Waals surface area contributed by atoms with Gasteiger partial charge in [0.2, 0.25) is 0 Å². The van der Waals surface area contributed by atoms with Gasteiger partial charge >= 0.3 is 0 Å². The summed E-state index contributed by atoms with van der Waals surface area (Å²) in [6.07, 6.45) is 1.74. The van der Waals surface area contributed by atoms with E-state index in [1.54, 1.807) is 6.20 Å². The smallest absolute Gasteiger partial charge is 0.0717 e. The fourth-order valence-corrected chi connectivity index (χ4v) is 2.05. The fourth-order valence-electron chi connectivity index (χ4n) is 1.55. The molecule has 0 atom stereocenters. The van der Waals surface area contributed by atoms with Crippen molar-refractivity contribution in [2.24, 2.45) is 0 Å². The molecule has 1 aromatic heterocycles. The zero-order valence-corrected chi connectivity index (χ0v) is 10.9.